The summed E-state index contributed by atoms with van der Waals surface area (Å²) in [5, 5.41) is 8.74. The Hall–Kier alpha value is -4.27. The Kier molecular flexibility index (Phi) is 9.04. The fourth-order valence-corrected chi connectivity index (χ4v) is 5.52. The van der Waals surface area contributed by atoms with E-state index in [1.54, 1.807) is 34.9 Å². The molecule has 1 atom stereocenters. The summed E-state index contributed by atoms with van der Waals surface area (Å²) in [6, 6.07) is 22.1. The van der Waals surface area contributed by atoms with Crippen LogP contribution in [0.4, 0.5) is 4.79 Å². The van der Waals surface area contributed by atoms with E-state index in [0.29, 0.717) is 27.0 Å². The van der Waals surface area contributed by atoms with Gasteiger partial charge >= 0.3 is 6.09 Å². The van der Waals surface area contributed by atoms with Crippen molar-refractivity contribution in [3.63, 3.8) is 0 Å². The van der Waals surface area contributed by atoms with Gasteiger partial charge in [0.25, 0.3) is 5.91 Å². The lowest BCUT2D eigenvalue weighted by Gasteiger charge is -2.32. The topological polar surface area (TPSA) is 85.7 Å². The monoisotopic (exact) mass is 632 g/mol. The normalized spacial score (nSPS) is 14.6. The van der Waals surface area contributed by atoms with Gasteiger partial charge in [0.15, 0.2) is 5.69 Å². The van der Waals surface area contributed by atoms with Crippen molar-refractivity contribution in [3.8, 4) is 11.4 Å². The zero-order valence-electron chi connectivity index (χ0n) is 25.2. The van der Waals surface area contributed by atoms with Crippen LogP contribution in [0.15, 0.2) is 72.8 Å². The first-order valence-corrected chi connectivity index (χ1v) is 14.9. The number of ether oxygens (including phenoxy) is 2. The summed E-state index contributed by atoms with van der Waals surface area (Å²) in [6.45, 7) is 7.69. The van der Waals surface area contributed by atoms with E-state index in [2.05, 4.69) is 5.32 Å². The first-order chi connectivity index (χ1) is 20.9. The van der Waals surface area contributed by atoms with Crippen LogP contribution >= 0.6 is 23.2 Å². The Morgan fingerprint density at radius 2 is 1.70 bits per heavy atom. The molecule has 44 heavy (non-hydrogen) atoms. The van der Waals surface area contributed by atoms with Crippen molar-refractivity contribution in [2.75, 3.05) is 13.7 Å². The molecule has 1 aliphatic heterocycles. The van der Waals surface area contributed by atoms with Crippen LogP contribution in [0.1, 0.15) is 66.6 Å². The lowest BCUT2D eigenvalue weighted by Crippen LogP contribution is -2.40. The highest BCUT2D eigenvalue weighted by Gasteiger charge is 2.35. The van der Waals surface area contributed by atoms with Gasteiger partial charge < -0.3 is 14.8 Å². The second-order valence-electron chi connectivity index (χ2n) is 11.6. The molecule has 0 saturated heterocycles. The molecule has 8 nitrogen and oxygen atoms in total. The highest BCUT2D eigenvalue weighted by molar-refractivity contribution is 6.35. The Morgan fingerprint density at radius 1 is 1.00 bits per heavy atom. The number of hydrogen-bond acceptors (Lipinski definition) is 5. The zero-order chi connectivity index (χ0) is 31.6. The molecule has 2 amide bonds. The number of methoxy groups -OCH3 is 1. The number of nitrogens with one attached hydrogen (secondary N) is 1. The predicted molar refractivity (Wildman–Crippen MR) is 173 cm³/mol. The maximum Gasteiger partial charge on any atom is 0.410 e. The van der Waals surface area contributed by atoms with E-state index >= 15 is 0 Å². The van der Waals surface area contributed by atoms with Crippen molar-refractivity contribution in [1.29, 1.82) is 0 Å². The molecule has 228 valence electrons. The van der Waals surface area contributed by atoms with Gasteiger partial charge in [0.2, 0.25) is 0 Å². The molecule has 1 aliphatic rings. The summed E-state index contributed by atoms with van der Waals surface area (Å²) >= 11 is 12.9. The summed E-state index contributed by atoms with van der Waals surface area (Å²) < 4.78 is 12.7. The standard InChI is InChI=1S/C34H34Cl2N4O4/c1-21(23-9-7-6-8-10-23)37-32(41)30-27-20-39(33(42)44-34(2,3)4)19-24(17-22-11-14-26(43-5)15-12-22)31(27)40(38-30)29-16-13-25(35)18-28(29)36/h6-18,21H,19-20H2,1-5H3,(H,37,41)/t21-/m1/s1. The van der Waals surface area contributed by atoms with Crippen molar-refractivity contribution in [2.24, 2.45) is 0 Å². The van der Waals surface area contributed by atoms with Crippen molar-refractivity contribution in [1.82, 2.24) is 20.0 Å². The zero-order valence-corrected chi connectivity index (χ0v) is 26.7. The van der Waals surface area contributed by atoms with Crippen LogP contribution < -0.4 is 10.1 Å². The van der Waals surface area contributed by atoms with Crippen LogP contribution in [0.2, 0.25) is 10.0 Å². The van der Waals surface area contributed by atoms with E-state index in [0.717, 1.165) is 22.4 Å². The second-order valence-corrected chi connectivity index (χ2v) is 12.4. The van der Waals surface area contributed by atoms with E-state index in [-0.39, 0.29) is 30.7 Å². The van der Waals surface area contributed by atoms with E-state index in [4.69, 9.17) is 37.8 Å². The maximum atomic E-state index is 13.9. The van der Waals surface area contributed by atoms with Gasteiger partial charge in [-0.3, -0.25) is 9.69 Å². The van der Waals surface area contributed by atoms with Gasteiger partial charge in [-0.15, -0.1) is 0 Å². The van der Waals surface area contributed by atoms with Crippen molar-refractivity contribution in [2.45, 2.75) is 45.9 Å². The highest BCUT2D eigenvalue weighted by atomic mass is 35.5. The van der Waals surface area contributed by atoms with Crippen LogP contribution in [0.5, 0.6) is 5.75 Å². The average Bonchev–Trinajstić information content (AvgIpc) is 3.37. The molecule has 10 heteroatoms. The molecule has 5 rings (SSSR count). The third kappa shape index (κ3) is 6.93. The summed E-state index contributed by atoms with van der Waals surface area (Å²) in [6.07, 6.45) is 1.47. The van der Waals surface area contributed by atoms with Crippen LogP contribution in [-0.2, 0) is 11.3 Å². The van der Waals surface area contributed by atoms with Gasteiger partial charge in [-0.05, 0) is 80.8 Å². The first kappa shape index (κ1) is 31.2. The van der Waals surface area contributed by atoms with E-state index < -0.39 is 11.7 Å². The summed E-state index contributed by atoms with van der Waals surface area (Å²) in [5.74, 6) is 0.340. The largest absolute Gasteiger partial charge is 0.497 e. The summed E-state index contributed by atoms with van der Waals surface area (Å²) in [7, 11) is 1.61. The SMILES string of the molecule is COc1ccc(C=C2CN(C(=O)OC(C)(C)C)Cc3c(C(=O)N[C@H](C)c4ccccc4)nn(-c4ccc(Cl)cc4Cl)c32)cc1. The number of carbonyl (C=O) groups is 2. The minimum Gasteiger partial charge on any atom is -0.497 e. The van der Waals surface area contributed by atoms with Crippen molar-refractivity contribution in [3.05, 3.63) is 111 Å². The molecule has 0 bridgehead atoms. The maximum absolute atomic E-state index is 13.9. The number of halogens is 2. The molecule has 0 aliphatic carbocycles. The Balaban J connectivity index is 1.67. The van der Waals surface area contributed by atoms with Gasteiger partial charge in [-0.2, -0.15) is 5.10 Å². The number of fused-ring (bicyclic) bond motifs is 1. The number of carbonyl (C=O) groups excluding carboxylic acids is 2. The number of amides is 2. The third-order valence-electron chi connectivity index (χ3n) is 7.11. The van der Waals surface area contributed by atoms with Gasteiger partial charge in [-0.1, -0.05) is 65.7 Å². The van der Waals surface area contributed by atoms with Crippen molar-refractivity contribution < 1.29 is 19.1 Å². The number of nitrogens with zero attached hydrogens (tertiary/aromatic N) is 3. The number of aromatic nitrogens is 2. The smallest absolute Gasteiger partial charge is 0.410 e. The molecule has 0 spiro atoms. The number of benzene rings is 3. The molecule has 3 aromatic carbocycles. The van der Waals surface area contributed by atoms with Gasteiger partial charge in [0.1, 0.15) is 11.4 Å². The molecule has 0 radical (unpaired) electrons. The molecule has 0 saturated carbocycles. The van der Waals surface area contributed by atoms with E-state index in [9.17, 15) is 9.59 Å². The van der Waals surface area contributed by atoms with Crippen LogP contribution in [0.3, 0.4) is 0 Å². The Labute approximate surface area is 267 Å². The lowest BCUT2D eigenvalue weighted by atomic mass is 9.97. The Morgan fingerprint density at radius 3 is 2.34 bits per heavy atom. The second kappa shape index (κ2) is 12.8. The highest BCUT2D eigenvalue weighted by Crippen LogP contribution is 2.36. The van der Waals surface area contributed by atoms with Crippen molar-refractivity contribution >= 4 is 46.9 Å². The Bertz CT molecular complexity index is 1710. The molecule has 0 unspecified atom stereocenters. The van der Waals surface area contributed by atoms with Gasteiger partial charge in [0.05, 0.1) is 42.6 Å². The molecule has 0 fully saturated rings. The summed E-state index contributed by atoms with van der Waals surface area (Å²) in [5.41, 5.74) is 3.84. The van der Waals surface area contributed by atoms with Crippen LogP contribution in [0, 0.1) is 0 Å². The molecule has 4 aromatic rings. The molecular weight excluding hydrogens is 599 g/mol. The molecule has 2 heterocycles. The quantitative estimate of drug-likeness (QED) is 0.233. The first-order valence-electron chi connectivity index (χ1n) is 14.2. The molecule has 1 N–H and O–H groups in total. The van der Waals surface area contributed by atoms with Crippen LogP contribution in [-0.4, -0.2) is 45.9 Å². The molecular formula is C34H34Cl2N4O4. The molecule has 1 aromatic heterocycles. The van der Waals surface area contributed by atoms with E-state index in [1.807, 2.05) is 88.4 Å². The third-order valence-corrected chi connectivity index (χ3v) is 7.64. The minimum absolute atomic E-state index is 0.109. The van der Waals surface area contributed by atoms with E-state index in [1.165, 1.54) is 0 Å². The van der Waals surface area contributed by atoms with Gasteiger partial charge in [-0.25, -0.2) is 9.48 Å². The summed E-state index contributed by atoms with van der Waals surface area (Å²) in [4.78, 5) is 28.9. The lowest BCUT2D eigenvalue weighted by molar-refractivity contribution is 0.0254. The fourth-order valence-electron chi connectivity index (χ4n) is 5.03. The van der Waals surface area contributed by atoms with Crippen LogP contribution in [0.25, 0.3) is 17.3 Å². The minimum atomic E-state index is -0.705. The fraction of sp³-hybridized carbons (Fsp3) is 0.265. The average molecular weight is 634 g/mol. The van der Waals surface area contributed by atoms with Gasteiger partial charge in [0, 0.05) is 10.6 Å². The number of rotatable bonds is 6. The number of hydrogen-bond donors (Lipinski definition) is 1. The predicted octanol–water partition coefficient (Wildman–Crippen LogP) is 7.97.